The molecule has 0 bridgehead atoms. The quantitative estimate of drug-likeness (QED) is 0.749. The van der Waals surface area contributed by atoms with Crippen LogP contribution in [0.3, 0.4) is 0 Å². The molecule has 0 radical (unpaired) electrons. The fraction of sp³-hybridized carbons (Fsp3) is 0.444. The summed E-state index contributed by atoms with van der Waals surface area (Å²) >= 11 is 6.03. The molecule has 0 spiro atoms. The molecule has 0 saturated carbocycles. The van der Waals surface area contributed by atoms with E-state index < -0.39 is 0 Å². The average molecular weight is 227 g/mol. The number of hydrogen-bond acceptors (Lipinski definition) is 4. The first-order valence-electron chi connectivity index (χ1n) is 4.73. The summed E-state index contributed by atoms with van der Waals surface area (Å²) in [6.07, 6.45) is 4.26. The van der Waals surface area contributed by atoms with Crippen LogP contribution >= 0.6 is 11.6 Å². The Morgan fingerprint density at radius 2 is 2.47 bits per heavy atom. The van der Waals surface area contributed by atoms with Crippen LogP contribution in [0.1, 0.15) is 30.2 Å². The molecule has 0 aliphatic heterocycles. The molecule has 0 aliphatic carbocycles. The maximum atomic E-state index is 6.03. The monoisotopic (exact) mass is 226 g/mol. The summed E-state index contributed by atoms with van der Waals surface area (Å²) in [6, 6.07) is 1.79. The summed E-state index contributed by atoms with van der Waals surface area (Å²) in [7, 11) is 0. The minimum atomic E-state index is -0.0755. The van der Waals surface area contributed by atoms with Crippen molar-refractivity contribution in [1.82, 2.24) is 20.2 Å². The first-order chi connectivity index (χ1) is 7.29. The summed E-state index contributed by atoms with van der Waals surface area (Å²) in [5.41, 5.74) is 0.790. The largest absolute Gasteiger partial charge is 0.359 e. The normalized spacial score (nSPS) is 12.9. The van der Waals surface area contributed by atoms with Crippen molar-refractivity contribution in [3.63, 3.8) is 0 Å². The Morgan fingerprint density at radius 3 is 3.13 bits per heavy atom. The van der Waals surface area contributed by atoms with E-state index >= 15 is 0 Å². The summed E-state index contributed by atoms with van der Waals surface area (Å²) in [4.78, 5) is 0. The van der Waals surface area contributed by atoms with Crippen LogP contribution in [-0.2, 0) is 6.54 Å². The maximum Gasteiger partial charge on any atom is 0.158 e. The minimum absolute atomic E-state index is 0.0755. The van der Waals surface area contributed by atoms with Crippen molar-refractivity contribution in [2.75, 3.05) is 0 Å². The van der Waals surface area contributed by atoms with Gasteiger partial charge in [-0.25, -0.2) is 4.68 Å². The topological polar surface area (TPSA) is 56.7 Å². The molecule has 0 N–H and O–H groups in total. The highest BCUT2D eigenvalue weighted by Gasteiger charge is 2.10. The van der Waals surface area contributed by atoms with Gasteiger partial charge in [0.1, 0.15) is 12.2 Å². The van der Waals surface area contributed by atoms with Crippen LogP contribution in [0.25, 0.3) is 0 Å². The van der Waals surface area contributed by atoms with Crippen molar-refractivity contribution in [2.24, 2.45) is 0 Å². The van der Waals surface area contributed by atoms with Gasteiger partial charge in [-0.15, -0.1) is 16.7 Å². The lowest BCUT2D eigenvalue weighted by atomic mass is 10.3. The standard InChI is InChI=1S/C9H11ClN4O/c1-2-8(10)9-6-14(13-12-9)5-7-3-4-11-15-7/h3-4,6,8H,2,5H2,1H3. The summed E-state index contributed by atoms with van der Waals surface area (Å²) in [5.74, 6) is 0.745. The number of halogens is 1. The van der Waals surface area contributed by atoms with Crippen molar-refractivity contribution >= 4 is 11.6 Å². The lowest BCUT2D eigenvalue weighted by Crippen LogP contribution is -1.98. The third kappa shape index (κ3) is 2.36. The summed E-state index contributed by atoms with van der Waals surface area (Å²) in [6.45, 7) is 2.54. The molecule has 1 atom stereocenters. The third-order valence-electron chi connectivity index (χ3n) is 2.04. The van der Waals surface area contributed by atoms with Crippen molar-refractivity contribution in [2.45, 2.75) is 25.3 Å². The Labute approximate surface area is 92.0 Å². The second kappa shape index (κ2) is 4.44. The molecule has 0 fully saturated rings. The fourth-order valence-corrected chi connectivity index (χ4v) is 1.33. The Bertz CT molecular complexity index is 411. The van der Waals surface area contributed by atoms with Gasteiger partial charge in [-0.2, -0.15) is 0 Å². The van der Waals surface area contributed by atoms with Gasteiger partial charge >= 0.3 is 0 Å². The van der Waals surface area contributed by atoms with Gasteiger partial charge in [-0.3, -0.25) is 0 Å². The van der Waals surface area contributed by atoms with Crippen LogP contribution in [-0.4, -0.2) is 20.2 Å². The predicted octanol–water partition coefficient (Wildman–Crippen LogP) is 2.00. The highest BCUT2D eigenvalue weighted by atomic mass is 35.5. The van der Waals surface area contributed by atoms with Crippen LogP contribution in [0.5, 0.6) is 0 Å². The highest BCUT2D eigenvalue weighted by molar-refractivity contribution is 6.20. The van der Waals surface area contributed by atoms with Crippen molar-refractivity contribution in [3.8, 4) is 0 Å². The number of nitrogens with zero attached hydrogens (tertiary/aromatic N) is 4. The molecule has 2 heterocycles. The Kier molecular flexibility index (Phi) is 3.01. The van der Waals surface area contributed by atoms with E-state index in [0.29, 0.717) is 6.54 Å². The molecule has 6 heteroatoms. The van der Waals surface area contributed by atoms with E-state index in [1.54, 1.807) is 16.9 Å². The molecule has 5 nitrogen and oxygen atoms in total. The fourth-order valence-electron chi connectivity index (χ4n) is 1.23. The molecule has 2 rings (SSSR count). The number of hydrogen-bond donors (Lipinski definition) is 0. The molecule has 15 heavy (non-hydrogen) atoms. The number of aromatic nitrogens is 4. The molecule has 0 amide bonds. The molecule has 1 unspecified atom stereocenters. The van der Waals surface area contributed by atoms with Crippen molar-refractivity contribution in [1.29, 1.82) is 0 Å². The smallest absolute Gasteiger partial charge is 0.158 e. The molecule has 2 aromatic heterocycles. The zero-order valence-corrected chi connectivity index (χ0v) is 9.05. The van der Waals surface area contributed by atoms with E-state index in [1.165, 1.54) is 0 Å². The molecule has 0 aliphatic rings. The van der Waals surface area contributed by atoms with Gasteiger partial charge < -0.3 is 4.52 Å². The van der Waals surface area contributed by atoms with Crippen LogP contribution in [0.2, 0.25) is 0 Å². The lowest BCUT2D eigenvalue weighted by Gasteiger charge is -1.98. The zero-order valence-electron chi connectivity index (χ0n) is 8.30. The van der Waals surface area contributed by atoms with E-state index in [4.69, 9.17) is 16.1 Å². The van der Waals surface area contributed by atoms with Gasteiger partial charge in [-0.1, -0.05) is 17.3 Å². The molecule has 0 saturated heterocycles. The van der Waals surface area contributed by atoms with E-state index in [2.05, 4.69) is 15.5 Å². The van der Waals surface area contributed by atoms with Gasteiger partial charge in [0.25, 0.3) is 0 Å². The Balaban J connectivity index is 2.07. The van der Waals surface area contributed by atoms with Crippen LogP contribution in [0.4, 0.5) is 0 Å². The second-order valence-electron chi connectivity index (χ2n) is 3.20. The summed E-state index contributed by atoms with van der Waals surface area (Å²) < 4.78 is 6.64. The lowest BCUT2D eigenvalue weighted by molar-refractivity contribution is 0.370. The summed E-state index contributed by atoms with van der Waals surface area (Å²) in [5, 5.41) is 11.5. The molecule has 2 aromatic rings. The number of alkyl halides is 1. The van der Waals surface area contributed by atoms with Crippen LogP contribution in [0.15, 0.2) is 23.0 Å². The van der Waals surface area contributed by atoms with Gasteiger partial charge in [0.05, 0.1) is 17.8 Å². The minimum Gasteiger partial charge on any atom is -0.359 e. The van der Waals surface area contributed by atoms with Crippen molar-refractivity contribution < 1.29 is 4.52 Å². The molecule has 0 aromatic carbocycles. The predicted molar refractivity (Wildman–Crippen MR) is 54.5 cm³/mol. The number of rotatable bonds is 4. The SMILES string of the molecule is CCC(Cl)c1cn(Cc2ccno2)nn1. The third-order valence-corrected chi connectivity index (χ3v) is 2.58. The highest BCUT2D eigenvalue weighted by Crippen LogP contribution is 2.20. The van der Waals surface area contributed by atoms with E-state index in [0.717, 1.165) is 17.9 Å². The van der Waals surface area contributed by atoms with E-state index in [9.17, 15) is 0 Å². The Hall–Kier alpha value is -1.36. The van der Waals surface area contributed by atoms with Crippen LogP contribution in [0, 0.1) is 0 Å². The van der Waals surface area contributed by atoms with Gasteiger partial charge in [0.2, 0.25) is 0 Å². The first-order valence-corrected chi connectivity index (χ1v) is 5.17. The molecular weight excluding hydrogens is 216 g/mol. The van der Waals surface area contributed by atoms with Crippen molar-refractivity contribution in [3.05, 3.63) is 29.9 Å². The first kappa shape index (κ1) is 10.2. The van der Waals surface area contributed by atoms with E-state index in [1.807, 2.05) is 13.1 Å². The maximum absolute atomic E-state index is 6.03. The Morgan fingerprint density at radius 1 is 1.60 bits per heavy atom. The van der Waals surface area contributed by atoms with E-state index in [-0.39, 0.29) is 5.38 Å². The van der Waals surface area contributed by atoms with Gasteiger partial charge in [0.15, 0.2) is 5.76 Å². The second-order valence-corrected chi connectivity index (χ2v) is 3.72. The van der Waals surface area contributed by atoms with Crippen LogP contribution < -0.4 is 0 Å². The van der Waals surface area contributed by atoms with Gasteiger partial charge in [0, 0.05) is 6.07 Å². The molecule has 80 valence electrons. The zero-order chi connectivity index (χ0) is 10.7. The van der Waals surface area contributed by atoms with Gasteiger partial charge in [-0.05, 0) is 6.42 Å². The average Bonchev–Trinajstić information content (AvgIpc) is 2.88. The molecular formula is C9H11ClN4O.